The van der Waals surface area contributed by atoms with Crippen LogP contribution in [0.3, 0.4) is 0 Å². The predicted octanol–water partition coefficient (Wildman–Crippen LogP) is 0.525. The Labute approximate surface area is 46.5 Å². The van der Waals surface area contributed by atoms with E-state index < -0.39 is 0 Å². The van der Waals surface area contributed by atoms with Crippen LogP contribution in [0.25, 0.3) is 0 Å². The number of nitroso groups, excluding NO2 is 1. The number of hydrogen-bond acceptors (Lipinski definition) is 3. The van der Waals surface area contributed by atoms with Gasteiger partial charge < -0.3 is 0 Å². The van der Waals surface area contributed by atoms with Crippen LogP contribution in [-0.4, -0.2) is 17.9 Å². The molecule has 0 atom stereocenters. The third-order valence-electron chi connectivity index (χ3n) is 0.789. The molecule has 0 aromatic carbocycles. The Balaban J connectivity index is 2.51. The maximum absolute atomic E-state index is 9.71. The average molecular weight is 111 g/mol. The highest BCUT2D eigenvalue weighted by molar-refractivity contribution is 5.56. The van der Waals surface area contributed by atoms with Crippen molar-refractivity contribution in [1.82, 2.24) is 5.01 Å². The summed E-state index contributed by atoms with van der Waals surface area (Å²) in [5.41, 5.74) is 0. The molecule has 1 heterocycles. The van der Waals surface area contributed by atoms with Crippen molar-refractivity contribution in [3.8, 4) is 0 Å². The Morgan fingerprint density at radius 1 is 1.75 bits per heavy atom. The van der Waals surface area contributed by atoms with Crippen molar-refractivity contribution in [2.24, 2.45) is 10.3 Å². The van der Waals surface area contributed by atoms with Crippen molar-refractivity contribution in [1.29, 1.82) is 0 Å². The molecule has 1 rings (SSSR count). The predicted molar refractivity (Wildman–Crippen MR) is 30.1 cm³/mol. The Hall–Kier alpha value is -1.19. The molecule has 8 heavy (non-hydrogen) atoms. The van der Waals surface area contributed by atoms with Crippen molar-refractivity contribution in [2.75, 3.05) is 6.54 Å². The first-order chi connectivity index (χ1) is 3.93. The van der Waals surface area contributed by atoms with Crippen LogP contribution in [0.4, 0.5) is 0 Å². The Kier molecular flexibility index (Phi) is 1.37. The van der Waals surface area contributed by atoms with Crippen molar-refractivity contribution in [3.05, 3.63) is 17.2 Å². The summed E-state index contributed by atoms with van der Waals surface area (Å²) >= 11 is 0. The second-order valence-corrected chi connectivity index (χ2v) is 1.35. The zero-order chi connectivity index (χ0) is 5.82. The molecule has 0 aromatic rings. The highest BCUT2D eigenvalue weighted by atomic mass is 16.3. The lowest BCUT2D eigenvalue weighted by Gasteiger charge is -2.05. The van der Waals surface area contributed by atoms with Crippen molar-refractivity contribution in [2.45, 2.75) is 0 Å². The lowest BCUT2D eigenvalue weighted by atomic mass is 10.5. The molecule has 0 N–H and O–H groups in total. The van der Waals surface area contributed by atoms with E-state index in [4.69, 9.17) is 0 Å². The standard InChI is InChI=1S/C4H5N3O/c8-6-7-3-1-2-5-4-7/h1-2,4H,3H2. The van der Waals surface area contributed by atoms with E-state index in [-0.39, 0.29) is 0 Å². The fraction of sp³-hybridized carbons (Fsp3) is 0.250. The Morgan fingerprint density at radius 2 is 2.62 bits per heavy atom. The van der Waals surface area contributed by atoms with E-state index in [1.807, 2.05) is 0 Å². The lowest BCUT2D eigenvalue weighted by molar-refractivity contribution is 0.497. The zero-order valence-corrected chi connectivity index (χ0v) is 4.19. The monoisotopic (exact) mass is 111 g/mol. The van der Waals surface area contributed by atoms with Gasteiger partial charge in [-0.25, -0.2) is 10.0 Å². The van der Waals surface area contributed by atoms with Crippen LogP contribution in [0.1, 0.15) is 0 Å². The van der Waals surface area contributed by atoms with Crippen LogP contribution in [0.2, 0.25) is 0 Å². The van der Waals surface area contributed by atoms with Gasteiger partial charge in [-0.1, -0.05) is 0 Å². The summed E-state index contributed by atoms with van der Waals surface area (Å²) in [7, 11) is 0. The molecule has 4 nitrogen and oxygen atoms in total. The maximum Gasteiger partial charge on any atom is 0.115 e. The van der Waals surface area contributed by atoms with E-state index in [0.717, 1.165) is 0 Å². The van der Waals surface area contributed by atoms with E-state index in [1.165, 1.54) is 11.3 Å². The normalized spacial score (nSPS) is 16.8. The van der Waals surface area contributed by atoms with Crippen LogP contribution >= 0.6 is 0 Å². The molecule has 1 aliphatic heterocycles. The van der Waals surface area contributed by atoms with E-state index in [2.05, 4.69) is 10.3 Å². The summed E-state index contributed by atoms with van der Waals surface area (Å²) in [6, 6.07) is 0. The number of rotatable bonds is 1. The lowest BCUT2D eigenvalue weighted by Crippen LogP contribution is -2.15. The summed E-state index contributed by atoms with van der Waals surface area (Å²) in [5, 5.41) is 3.84. The topological polar surface area (TPSA) is 45.0 Å². The van der Waals surface area contributed by atoms with Crippen LogP contribution in [0.15, 0.2) is 22.6 Å². The summed E-state index contributed by atoms with van der Waals surface area (Å²) in [6.45, 7) is 0.535. The van der Waals surface area contributed by atoms with Crippen molar-refractivity contribution in [3.63, 3.8) is 0 Å². The number of nitrogens with zero attached hydrogens (tertiary/aromatic N) is 3. The number of hydrogen-bond donors (Lipinski definition) is 0. The second kappa shape index (κ2) is 2.20. The first kappa shape index (κ1) is 4.96. The van der Waals surface area contributed by atoms with Gasteiger partial charge >= 0.3 is 0 Å². The molecule has 0 unspecified atom stereocenters. The fourth-order valence-corrected chi connectivity index (χ4v) is 0.433. The van der Waals surface area contributed by atoms with Crippen molar-refractivity contribution >= 4 is 6.34 Å². The molecule has 1 aliphatic rings. The smallest absolute Gasteiger partial charge is 0.115 e. The van der Waals surface area contributed by atoms with E-state index in [1.54, 1.807) is 12.3 Å². The molecule has 4 heteroatoms. The zero-order valence-electron chi connectivity index (χ0n) is 4.19. The third kappa shape index (κ3) is 0.900. The van der Waals surface area contributed by atoms with Gasteiger partial charge in [0.15, 0.2) is 0 Å². The summed E-state index contributed by atoms with van der Waals surface area (Å²) < 4.78 is 0. The Bertz CT molecular complexity index is 140. The molecular weight excluding hydrogens is 106 g/mol. The van der Waals surface area contributed by atoms with Gasteiger partial charge in [-0.05, 0) is 6.08 Å². The summed E-state index contributed by atoms with van der Waals surface area (Å²) in [6.07, 6.45) is 4.76. The molecule has 0 radical (unpaired) electrons. The van der Waals surface area contributed by atoms with Gasteiger partial charge in [0.2, 0.25) is 0 Å². The molecule has 0 amide bonds. The van der Waals surface area contributed by atoms with Gasteiger partial charge in [-0.3, -0.25) is 0 Å². The minimum atomic E-state index is 0.535. The van der Waals surface area contributed by atoms with Crippen LogP contribution in [0.5, 0.6) is 0 Å². The molecular formula is C4H5N3O. The average Bonchev–Trinajstić information content (AvgIpc) is 1.90. The molecule has 0 aromatic heterocycles. The van der Waals surface area contributed by atoms with E-state index in [0.29, 0.717) is 6.54 Å². The van der Waals surface area contributed by atoms with Crippen molar-refractivity contribution < 1.29 is 0 Å². The molecule has 0 fully saturated rings. The third-order valence-corrected chi connectivity index (χ3v) is 0.789. The van der Waals surface area contributed by atoms with Crippen LogP contribution in [0, 0.1) is 4.91 Å². The quantitative estimate of drug-likeness (QED) is 0.463. The molecule has 0 spiro atoms. The fourth-order valence-electron chi connectivity index (χ4n) is 0.433. The first-order valence-electron chi connectivity index (χ1n) is 2.21. The van der Waals surface area contributed by atoms with Gasteiger partial charge in [0, 0.05) is 6.20 Å². The number of aliphatic imine (C=N–C) groups is 1. The van der Waals surface area contributed by atoms with Crippen LogP contribution < -0.4 is 0 Å². The molecule has 0 bridgehead atoms. The van der Waals surface area contributed by atoms with E-state index >= 15 is 0 Å². The second-order valence-electron chi connectivity index (χ2n) is 1.35. The molecule has 42 valence electrons. The van der Waals surface area contributed by atoms with Gasteiger partial charge in [0.05, 0.1) is 11.8 Å². The molecule has 0 aliphatic carbocycles. The minimum absolute atomic E-state index is 0.535. The largest absolute Gasteiger partial charge is 0.245 e. The summed E-state index contributed by atoms with van der Waals surface area (Å²) in [5.74, 6) is 0. The minimum Gasteiger partial charge on any atom is -0.245 e. The highest BCUT2D eigenvalue weighted by Gasteiger charge is 1.95. The summed E-state index contributed by atoms with van der Waals surface area (Å²) in [4.78, 5) is 13.4. The van der Waals surface area contributed by atoms with E-state index in [9.17, 15) is 4.91 Å². The van der Waals surface area contributed by atoms with Crippen LogP contribution in [-0.2, 0) is 0 Å². The molecule has 0 saturated heterocycles. The molecule has 0 saturated carbocycles. The Morgan fingerprint density at radius 3 is 3.00 bits per heavy atom. The maximum atomic E-state index is 9.71. The first-order valence-corrected chi connectivity index (χ1v) is 2.21. The van der Waals surface area contributed by atoms with Gasteiger partial charge in [-0.15, -0.1) is 4.91 Å². The SMILES string of the molecule is O=NN1C=NC=CC1. The van der Waals surface area contributed by atoms with Gasteiger partial charge in [0.25, 0.3) is 0 Å². The van der Waals surface area contributed by atoms with Gasteiger partial charge in [0.1, 0.15) is 6.34 Å². The highest BCUT2D eigenvalue weighted by Crippen LogP contribution is 1.90. The van der Waals surface area contributed by atoms with Gasteiger partial charge in [-0.2, -0.15) is 0 Å².